The zero-order valence-corrected chi connectivity index (χ0v) is 22.0. The van der Waals surface area contributed by atoms with Gasteiger partial charge in [0.2, 0.25) is 0 Å². The molecule has 1 aliphatic rings. The molecule has 4 rings (SSSR count). The van der Waals surface area contributed by atoms with E-state index in [-0.39, 0.29) is 5.91 Å². The third-order valence-corrected chi connectivity index (χ3v) is 6.97. The molecule has 1 aliphatic heterocycles. The van der Waals surface area contributed by atoms with Crippen LogP contribution in [0.1, 0.15) is 5.56 Å². The Morgan fingerprint density at radius 3 is 2.21 bits per heavy atom. The van der Waals surface area contributed by atoms with E-state index in [0.717, 1.165) is 9.13 Å². The number of benzene rings is 3. The molecule has 0 bridgehead atoms. The van der Waals surface area contributed by atoms with E-state index < -0.39 is 0 Å². The van der Waals surface area contributed by atoms with Gasteiger partial charge >= 0.3 is 0 Å². The lowest BCUT2D eigenvalue weighted by atomic mass is 10.2. The van der Waals surface area contributed by atoms with Crippen molar-refractivity contribution in [2.75, 3.05) is 19.1 Å². The highest BCUT2D eigenvalue weighted by Gasteiger charge is 2.35. The van der Waals surface area contributed by atoms with E-state index in [9.17, 15) is 4.79 Å². The minimum Gasteiger partial charge on any atom is -0.493 e. The summed E-state index contributed by atoms with van der Waals surface area (Å²) in [5, 5.41) is 1.74. The highest BCUT2D eigenvalue weighted by molar-refractivity contribution is 14.1. The lowest BCUT2D eigenvalue weighted by Gasteiger charge is -2.15. The van der Waals surface area contributed by atoms with Gasteiger partial charge in [0.25, 0.3) is 5.91 Å². The maximum atomic E-state index is 13.5. The van der Waals surface area contributed by atoms with Gasteiger partial charge in [-0.25, -0.2) is 4.99 Å². The van der Waals surface area contributed by atoms with Crippen molar-refractivity contribution >= 4 is 86.1 Å². The molecule has 0 saturated carbocycles. The molecule has 1 saturated heterocycles. The van der Waals surface area contributed by atoms with Gasteiger partial charge in [-0.15, -0.1) is 0 Å². The fourth-order valence-corrected chi connectivity index (χ4v) is 5.26. The number of carbonyl (C=O) groups excluding carboxylic acids is 1. The normalized spacial score (nSPS) is 16.0. The summed E-state index contributed by atoms with van der Waals surface area (Å²) in [6.45, 7) is 0. The van der Waals surface area contributed by atoms with Crippen LogP contribution in [0.4, 0.5) is 11.4 Å². The lowest BCUT2D eigenvalue weighted by Crippen LogP contribution is -2.28. The van der Waals surface area contributed by atoms with Crippen molar-refractivity contribution in [3.63, 3.8) is 0 Å². The highest BCUT2D eigenvalue weighted by atomic mass is 127. The number of methoxy groups -OCH3 is 2. The molecule has 3 aromatic carbocycles. The number of amidine groups is 1. The monoisotopic (exact) mass is 610 g/mol. The summed E-state index contributed by atoms with van der Waals surface area (Å²) in [4.78, 5) is 20.3. The Hall–Kier alpha value is -2.20. The molecule has 0 aliphatic carbocycles. The zero-order chi connectivity index (χ0) is 23.5. The van der Waals surface area contributed by atoms with E-state index in [4.69, 9.17) is 37.7 Å². The van der Waals surface area contributed by atoms with Crippen LogP contribution in [0.3, 0.4) is 0 Å². The van der Waals surface area contributed by atoms with E-state index in [1.54, 1.807) is 67.7 Å². The second kappa shape index (κ2) is 10.4. The molecule has 33 heavy (non-hydrogen) atoms. The Kier molecular flexibility index (Phi) is 7.53. The molecule has 0 unspecified atom stereocenters. The van der Waals surface area contributed by atoms with Gasteiger partial charge in [0, 0.05) is 10.0 Å². The fraction of sp³-hybridized carbons (Fsp3) is 0.0833. The summed E-state index contributed by atoms with van der Waals surface area (Å²) in [6, 6.07) is 18.0. The number of hydrogen-bond donors (Lipinski definition) is 0. The standard InChI is InChI=1S/C24H17Cl2IN2O3S/c1-31-20-12-14(11-19(27)22(20)32-2)13-21-23(30)29(18-9-5-16(26)6-10-18)24(33-21)28-17-7-3-15(25)4-8-17/h3-13H,1-2H3/b21-13-,28-24?. The Labute approximate surface area is 219 Å². The van der Waals surface area contributed by atoms with Crippen LogP contribution in [0, 0.1) is 3.57 Å². The summed E-state index contributed by atoms with van der Waals surface area (Å²) in [5.74, 6) is 1.06. The Bertz CT molecular complexity index is 1260. The van der Waals surface area contributed by atoms with E-state index in [0.29, 0.717) is 43.0 Å². The molecule has 0 radical (unpaired) electrons. The van der Waals surface area contributed by atoms with Gasteiger partial charge in [-0.2, -0.15) is 0 Å². The molecular formula is C24H17Cl2IN2O3S. The number of thioether (sulfide) groups is 1. The van der Waals surface area contributed by atoms with Crippen molar-refractivity contribution in [1.82, 2.24) is 0 Å². The van der Waals surface area contributed by atoms with E-state index >= 15 is 0 Å². The van der Waals surface area contributed by atoms with Crippen molar-refractivity contribution in [2.24, 2.45) is 4.99 Å². The minimum atomic E-state index is -0.181. The van der Waals surface area contributed by atoms with Crippen LogP contribution in [-0.4, -0.2) is 25.3 Å². The number of halogens is 3. The van der Waals surface area contributed by atoms with Crippen LogP contribution >= 0.6 is 57.6 Å². The zero-order valence-electron chi connectivity index (χ0n) is 17.5. The Morgan fingerprint density at radius 2 is 1.61 bits per heavy atom. The maximum Gasteiger partial charge on any atom is 0.271 e. The van der Waals surface area contributed by atoms with Crippen LogP contribution in [0.15, 0.2) is 70.6 Å². The Balaban J connectivity index is 1.78. The third-order valence-electron chi connectivity index (χ3n) is 4.70. The lowest BCUT2D eigenvalue weighted by molar-refractivity contribution is -0.113. The van der Waals surface area contributed by atoms with Crippen molar-refractivity contribution < 1.29 is 14.3 Å². The second-order valence-corrected chi connectivity index (χ2v) is 9.88. The van der Waals surface area contributed by atoms with Crippen LogP contribution in [-0.2, 0) is 4.79 Å². The van der Waals surface area contributed by atoms with Crippen molar-refractivity contribution in [1.29, 1.82) is 0 Å². The molecule has 1 fully saturated rings. The van der Waals surface area contributed by atoms with Gasteiger partial charge in [-0.3, -0.25) is 9.69 Å². The number of anilines is 1. The first kappa shape index (κ1) is 23.9. The van der Waals surface area contributed by atoms with E-state index in [1.165, 1.54) is 11.8 Å². The van der Waals surface area contributed by atoms with Crippen LogP contribution in [0.2, 0.25) is 10.0 Å². The predicted octanol–water partition coefficient (Wildman–Crippen LogP) is 7.42. The smallest absolute Gasteiger partial charge is 0.271 e. The number of carbonyl (C=O) groups is 1. The van der Waals surface area contributed by atoms with Gasteiger partial charge in [0.15, 0.2) is 16.7 Å². The first-order valence-corrected chi connectivity index (χ1v) is 12.3. The summed E-state index contributed by atoms with van der Waals surface area (Å²) < 4.78 is 11.7. The van der Waals surface area contributed by atoms with E-state index in [1.807, 2.05) is 18.2 Å². The average Bonchev–Trinajstić information content (AvgIpc) is 3.10. The number of ether oxygens (including phenoxy) is 2. The molecule has 0 atom stereocenters. The van der Waals surface area contributed by atoms with Crippen molar-refractivity contribution in [3.8, 4) is 11.5 Å². The van der Waals surface area contributed by atoms with Crippen molar-refractivity contribution in [3.05, 3.63) is 84.7 Å². The molecule has 0 spiro atoms. The molecule has 5 nitrogen and oxygen atoms in total. The first-order valence-electron chi connectivity index (χ1n) is 9.65. The van der Waals surface area contributed by atoms with Gasteiger partial charge in [0.05, 0.1) is 34.1 Å². The number of rotatable bonds is 5. The number of amides is 1. The molecule has 3 aromatic rings. The maximum absolute atomic E-state index is 13.5. The molecule has 0 N–H and O–H groups in total. The highest BCUT2D eigenvalue weighted by Crippen LogP contribution is 2.39. The van der Waals surface area contributed by atoms with Crippen LogP contribution in [0.5, 0.6) is 11.5 Å². The molecule has 9 heteroatoms. The van der Waals surface area contributed by atoms with Gasteiger partial charge in [-0.05, 0) is 107 Å². The third kappa shape index (κ3) is 5.32. The quantitative estimate of drug-likeness (QED) is 0.223. The van der Waals surface area contributed by atoms with Gasteiger partial charge in [0.1, 0.15) is 0 Å². The minimum absolute atomic E-state index is 0.181. The van der Waals surface area contributed by atoms with Gasteiger partial charge in [-0.1, -0.05) is 23.2 Å². The average molecular weight is 611 g/mol. The largest absolute Gasteiger partial charge is 0.493 e. The summed E-state index contributed by atoms with van der Waals surface area (Å²) in [6.07, 6.45) is 1.82. The number of nitrogens with zero attached hydrogens (tertiary/aromatic N) is 2. The second-order valence-electron chi connectivity index (χ2n) is 6.84. The summed E-state index contributed by atoms with van der Waals surface area (Å²) in [7, 11) is 3.18. The predicted molar refractivity (Wildman–Crippen MR) is 145 cm³/mol. The first-order chi connectivity index (χ1) is 15.9. The van der Waals surface area contributed by atoms with E-state index in [2.05, 4.69) is 22.6 Å². The topological polar surface area (TPSA) is 51.1 Å². The molecule has 168 valence electrons. The molecule has 1 heterocycles. The molecule has 0 aromatic heterocycles. The number of hydrogen-bond acceptors (Lipinski definition) is 5. The summed E-state index contributed by atoms with van der Waals surface area (Å²) >= 11 is 15.5. The molecule has 1 amide bonds. The van der Waals surface area contributed by atoms with Crippen LogP contribution < -0.4 is 14.4 Å². The fourth-order valence-electron chi connectivity index (χ4n) is 3.17. The Morgan fingerprint density at radius 1 is 0.970 bits per heavy atom. The van der Waals surface area contributed by atoms with Crippen molar-refractivity contribution in [2.45, 2.75) is 0 Å². The van der Waals surface area contributed by atoms with Crippen LogP contribution in [0.25, 0.3) is 6.08 Å². The number of aliphatic imine (C=N–C) groups is 1. The van der Waals surface area contributed by atoms with Gasteiger partial charge < -0.3 is 9.47 Å². The summed E-state index contributed by atoms with van der Waals surface area (Å²) in [5.41, 5.74) is 2.18. The molecular weight excluding hydrogens is 594 g/mol. The SMILES string of the molecule is COc1cc(/C=C2\SC(=Nc3ccc(Cl)cc3)N(c3ccc(Cl)cc3)C2=O)cc(I)c1OC.